The predicted octanol–water partition coefficient (Wildman–Crippen LogP) is 3.39. The summed E-state index contributed by atoms with van der Waals surface area (Å²) < 4.78 is 52.0. The molecule has 0 fully saturated rings. The molecule has 2 nitrogen and oxygen atoms in total. The second-order valence-electron chi connectivity index (χ2n) is 4.19. The van der Waals surface area contributed by atoms with Crippen molar-refractivity contribution in [2.45, 2.75) is 6.10 Å². The average Bonchev–Trinajstić information content (AvgIpc) is 2.42. The average molecular weight is 285 g/mol. The lowest BCUT2D eigenvalue weighted by Gasteiger charge is -2.14. The van der Waals surface area contributed by atoms with Crippen LogP contribution >= 0.6 is 0 Å². The molecular formula is C14H11F4NO. The number of aliphatic hydroxyl groups is 1. The Morgan fingerprint density at radius 2 is 1.60 bits per heavy atom. The summed E-state index contributed by atoms with van der Waals surface area (Å²) >= 11 is 0. The number of anilines is 1. The van der Waals surface area contributed by atoms with Crippen molar-refractivity contribution in [2.24, 2.45) is 0 Å². The van der Waals surface area contributed by atoms with Crippen LogP contribution in [0.1, 0.15) is 11.7 Å². The van der Waals surface area contributed by atoms with E-state index in [1.54, 1.807) is 0 Å². The molecule has 0 aliphatic carbocycles. The van der Waals surface area contributed by atoms with Crippen LogP contribution in [0.3, 0.4) is 0 Å². The highest BCUT2D eigenvalue weighted by molar-refractivity contribution is 5.45. The number of aliphatic hydroxyl groups excluding tert-OH is 1. The third-order valence-corrected chi connectivity index (χ3v) is 2.74. The molecule has 0 saturated heterocycles. The quantitative estimate of drug-likeness (QED) is 0.844. The van der Waals surface area contributed by atoms with Crippen LogP contribution in [0.25, 0.3) is 0 Å². The summed E-state index contributed by atoms with van der Waals surface area (Å²) in [5.41, 5.74) is 0.0137. The fraction of sp³-hybridized carbons (Fsp3) is 0.143. The predicted molar refractivity (Wildman–Crippen MR) is 66.2 cm³/mol. The minimum absolute atomic E-state index is 0.119. The Labute approximate surface area is 112 Å². The van der Waals surface area contributed by atoms with Gasteiger partial charge in [-0.15, -0.1) is 0 Å². The van der Waals surface area contributed by atoms with Gasteiger partial charge in [-0.2, -0.15) is 0 Å². The standard InChI is InChI=1S/C14H11F4NO/c15-9-2-4-11(17)13(6-9)19-7-14(20)8-1-3-10(16)12(18)5-8/h1-6,14,19-20H,7H2. The molecular weight excluding hydrogens is 274 g/mol. The third-order valence-electron chi connectivity index (χ3n) is 2.74. The van der Waals surface area contributed by atoms with Crippen molar-refractivity contribution in [1.29, 1.82) is 0 Å². The molecule has 106 valence electrons. The molecule has 0 amide bonds. The molecule has 0 radical (unpaired) electrons. The van der Waals surface area contributed by atoms with E-state index in [1.807, 2.05) is 0 Å². The fourth-order valence-electron chi connectivity index (χ4n) is 1.68. The van der Waals surface area contributed by atoms with Crippen LogP contribution < -0.4 is 5.32 Å². The first-order valence-electron chi connectivity index (χ1n) is 5.79. The first-order valence-corrected chi connectivity index (χ1v) is 5.79. The van der Waals surface area contributed by atoms with Crippen molar-refractivity contribution in [2.75, 3.05) is 11.9 Å². The summed E-state index contributed by atoms with van der Waals surface area (Å²) in [6.07, 6.45) is -1.19. The normalized spacial score (nSPS) is 12.2. The van der Waals surface area contributed by atoms with Crippen molar-refractivity contribution < 1.29 is 22.7 Å². The van der Waals surface area contributed by atoms with Crippen LogP contribution in [0.2, 0.25) is 0 Å². The van der Waals surface area contributed by atoms with Gasteiger partial charge in [0.15, 0.2) is 11.6 Å². The highest BCUT2D eigenvalue weighted by Gasteiger charge is 2.12. The fourth-order valence-corrected chi connectivity index (χ4v) is 1.68. The molecule has 0 aliphatic rings. The van der Waals surface area contributed by atoms with Crippen molar-refractivity contribution in [3.8, 4) is 0 Å². The zero-order valence-corrected chi connectivity index (χ0v) is 10.2. The smallest absolute Gasteiger partial charge is 0.159 e. The minimum Gasteiger partial charge on any atom is -0.387 e. The SMILES string of the molecule is OC(CNc1cc(F)ccc1F)c1ccc(F)c(F)c1. The maximum atomic E-state index is 13.3. The molecule has 1 atom stereocenters. The minimum atomic E-state index is -1.19. The molecule has 6 heteroatoms. The third kappa shape index (κ3) is 3.27. The van der Waals surface area contributed by atoms with Crippen LogP contribution in [0.5, 0.6) is 0 Å². The Morgan fingerprint density at radius 3 is 2.30 bits per heavy atom. The van der Waals surface area contributed by atoms with Crippen molar-refractivity contribution in [1.82, 2.24) is 0 Å². The van der Waals surface area contributed by atoms with Gasteiger partial charge in [-0.3, -0.25) is 0 Å². The van der Waals surface area contributed by atoms with Crippen molar-refractivity contribution >= 4 is 5.69 Å². The lowest BCUT2D eigenvalue weighted by atomic mass is 10.1. The van der Waals surface area contributed by atoms with E-state index in [1.165, 1.54) is 6.07 Å². The van der Waals surface area contributed by atoms with Gasteiger partial charge in [0.1, 0.15) is 11.6 Å². The van der Waals surface area contributed by atoms with Crippen LogP contribution in [0.15, 0.2) is 36.4 Å². The molecule has 1 unspecified atom stereocenters. The molecule has 0 bridgehead atoms. The van der Waals surface area contributed by atoms with Gasteiger partial charge in [0.25, 0.3) is 0 Å². The van der Waals surface area contributed by atoms with Crippen molar-refractivity contribution in [3.05, 3.63) is 65.2 Å². The van der Waals surface area contributed by atoms with Crippen LogP contribution in [-0.2, 0) is 0 Å². The van der Waals surface area contributed by atoms with E-state index in [-0.39, 0.29) is 17.8 Å². The van der Waals surface area contributed by atoms with E-state index < -0.39 is 29.4 Å². The molecule has 2 N–H and O–H groups in total. The van der Waals surface area contributed by atoms with E-state index in [2.05, 4.69) is 5.32 Å². The Hall–Kier alpha value is -2.08. The van der Waals surface area contributed by atoms with E-state index in [0.29, 0.717) is 0 Å². The molecule has 0 spiro atoms. The zero-order valence-electron chi connectivity index (χ0n) is 10.2. The lowest BCUT2D eigenvalue weighted by molar-refractivity contribution is 0.191. The molecule has 20 heavy (non-hydrogen) atoms. The molecule has 0 aromatic heterocycles. The number of halogens is 4. The Balaban J connectivity index is 2.06. The van der Waals surface area contributed by atoms with Crippen LogP contribution in [-0.4, -0.2) is 11.7 Å². The van der Waals surface area contributed by atoms with Gasteiger partial charge < -0.3 is 10.4 Å². The molecule has 2 aromatic rings. The van der Waals surface area contributed by atoms with E-state index in [4.69, 9.17) is 0 Å². The second-order valence-corrected chi connectivity index (χ2v) is 4.19. The molecule has 0 saturated carbocycles. The molecule has 2 rings (SSSR count). The number of hydrogen-bond donors (Lipinski definition) is 2. The van der Waals surface area contributed by atoms with Gasteiger partial charge in [-0.25, -0.2) is 17.6 Å². The topological polar surface area (TPSA) is 32.3 Å². The Kier molecular flexibility index (Phi) is 4.24. The van der Waals surface area contributed by atoms with Gasteiger partial charge in [0.05, 0.1) is 11.8 Å². The van der Waals surface area contributed by atoms with E-state index in [9.17, 15) is 22.7 Å². The highest BCUT2D eigenvalue weighted by Crippen LogP contribution is 2.19. The van der Waals surface area contributed by atoms with E-state index >= 15 is 0 Å². The molecule has 0 heterocycles. The Bertz CT molecular complexity index is 618. The van der Waals surface area contributed by atoms with Gasteiger partial charge in [-0.05, 0) is 35.9 Å². The molecule has 0 aliphatic heterocycles. The van der Waals surface area contributed by atoms with Crippen LogP contribution in [0, 0.1) is 23.3 Å². The first-order chi connectivity index (χ1) is 9.47. The highest BCUT2D eigenvalue weighted by atomic mass is 19.2. The molecule has 2 aromatic carbocycles. The first kappa shape index (κ1) is 14.3. The number of nitrogens with one attached hydrogen (secondary N) is 1. The van der Waals surface area contributed by atoms with Gasteiger partial charge in [-0.1, -0.05) is 6.07 Å². The summed E-state index contributed by atoms with van der Waals surface area (Å²) in [7, 11) is 0. The number of hydrogen-bond acceptors (Lipinski definition) is 2. The zero-order chi connectivity index (χ0) is 14.7. The number of benzene rings is 2. The van der Waals surface area contributed by atoms with E-state index in [0.717, 1.165) is 30.3 Å². The summed E-state index contributed by atoms with van der Waals surface area (Å²) in [5.74, 6) is -3.41. The summed E-state index contributed by atoms with van der Waals surface area (Å²) in [6.45, 7) is -0.175. The Morgan fingerprint density at radius 1 is 0.900 bits per heavy atom. The maximum absolute atomic E-state index is 13.3. The summed E-state index contributed by atoms with van der Waals surface area (Å²) in [5, 5.41) is 12.3. The van der Waals surface area contributed by atoms with Gasteiger partial charge >= 0.3 is 0 Å². The largest absolute Gasteiger partial charge is 0.387 e. The van der Waals surface area contributed by atoms with Crippen molar-refractivity contribution in [3.63, 3.8) is 0 Å². The summed E-state index contributed by atoms with van der Waals surface area (Å²) in [4.78, 5) is 0. The number of rotatable bonds is 4. The second kappa shape index (κ2) is 5.92. The monoisotopic (exact) mass is 285 g/mol. The van der Waals surface area contributed by atoms with Gasteiger partial charge in [0.2, 0.25) is 0 Å². The maximum Gasteiger partial charge on any atom is 0.159 e. The van der Waals surface area contributed by atoms with Crippen LogP contribution in [0.4, 0.5) is 23.2 Å². The van der Waals surface area contributed by atoms with Gasteiger partial charge in [0, 0.05) is 6.54 Å². The lowest BCUT2D eigenvalue weighted by Crippen LogP contribution is -2.13. The summed E-state index contributed by atoms with van der Waals surface area (Å²) in [6, 6.07) is 5.80.